The minimum absolute atomic E-state index is 0.0960. The standard InChI is InChI=1S/C16H12ClFN4OS2/c17-10-6-7-13(12(18)8-10)20-14(23)9-24-16-22-21-15(25-16)19-11-4-2-1-3-5-11/h1-8H,9H2,(H,19,21)(H,20,23). The maximum atomic E-state index is 13.6. The van der Waals surface area contributed by atoms with E-state index in [1.54, 1.807) is 0 Å². The van der Waals surface area contributed by atoms with Crippen LogP contribution in [-0.2, 0) is 4.79 Å². The first-order chi connectivity index (χ1) is 12.1. The molecule has 0 fully saturated rings. The molecule has 9 heteroatoms. The van der Waals surface area contributed by atoms with Gasteiger partial charge in [-0.15, -0.1) is 10.2 Å². The molecule has 3 aromatic rings. The Kier molecular flexibility index (Phi) is 5.85. The maximum Gasteiger partial charge on any atom is 0.234 e. The summed E-state index contributed by atoms with van der Waals surface area (Å²) in [4.78, 5) is 11.9. The number of carbonyl (C=O) groups excluding carboxylic acids is 1. The van der Waals surface area contributed by atoms with Crippen LogP contribution < -0.4 is 10.6 Å². The minimum Gasteiger partial charge on any atom is -0.330 e. The number of nitrogens with one attached hydrogen (secondary N) is 2. The number of thioether (sulfide) groups is 1. The minimum atomic E-state index is -0.573. The van der Waals surface area contributed by atoms with Gasteiger partial charge in [-0.3, -0.25) is 4.79 Å². The lowest BCUT2D eigenvalue weighted by atomic mass is 10.3. The summed E-state index contributed by atoms with van der Waals surface area (Å²) in [6.45, 7) is 0. The van der Waals surface area contributed by atoms with Crippen LogP contribution in [0, 0.1) is 5.82 Å². The molecule has 1 amide bonds. The first-order valence-corrected chi connectivity index (χ1v) is 9.31. The van der Waals surface area contributed by atoms with E-state index in [9.17, 15) is 9.18 Å². The van der Waals surface area contributed by atoms with Gasteiger partial charge in [0.2, 0.25) is 11.0 Å². The van der Waals surface area contributed by atoms with Crippen LogP contribution in [0.2, 0.25) is 5.02 Å². The summed E-state index contributed by atoms with van der Waals surface area (Å²) in [7, 11) is 0. The predicted octanol–water partition coefficient (Wildman–Crippen LogP) is 4.81. The lowest BCUT2D eigenvalue weighted by Gasteiger charge is -2.05. The van der Waals surface area contributed by atoms with Crippen molar-refractivity contribution < 1.29 is 9.18 Å². The third kappa shape index (κ3) is 5.15. The molecule has 25 heavy (non-hydrogen) atoms. The van der Waals surface area contributed by atoms with E-state index in [1.165, 1.54) is 35.2 Å². The van der Waals surface area contributed by atoms with Gasteiger partial charge in [-0.05, 0) is 30.3 Å². The van der Waals surface area contributed by atoms with E-state index in [0.717, 1.165) is 11.8 Å². The van der Waals surface area contributed by atoms with Crippen molar-refractivity contribution in [1.82, 2.24) is 10.2 Å². The second-order valence-electron chi connectivity index (χ2n) is 4.83. The average molecular weight is 395 g/mol. The Hall–Kier alpha value is -2.16. The molecule has 1 heterocycles. The Morgan fingerprint density at radius 3 is 2.76 bits per heavy atom. The number of hydrogen-bond donors (Lipinski definition) is 2. The number of carbonyl (C=O) groups is 1. The van der Waals surface area contributed by atoms with Crippen LogP contribution in [0.4, 0.5) is 20.9 Å². The van der Waals surface area contributed by atoms with Crippen LogP contribution in [0.3, 0.4) is 0 Å². The zero-order chi connectivity index (χ0) is 17.6. The Bertz CT molecular complexity index is 876. The Balaban J connectivity index is 1.52. The summed E-state index contributed by atoms with van der Waals surface area (Å²) in [6.07, 6.45) is 0. The zero-order valence-corrected chi connectivity index (χ0v) is 15.1. The number of para-hydroxylation sites is 1. The number of rotatable bonds is 6. The second kappa shape index (κ2) is 8.28. The lowest BCUT2D eigenvalue weighted by Crippen LogP contribution is -2.14. The first kappa shape index (κ1) is 17.7. The third-order valence-electron chi connectivity index (χ3n) is 2.96. The Morgan fingerprint density at radius 1 is 1.20 bits per heavy atom. The van der Waals surface area contributed by atoms with Crippen molar-refractivity contribution in [3.05, 3.63) is 59.4 Å². The first-order valence-electron chi connectivity index (χ1n) is 7.13. The monoisotopic (exact) mass is 394 g/mol. The summed E-state index contributed by atoms with van der Waals surface area (Å²) >= 11 is 8.25. The average Bonchev–Trinajstić information content (AvgIpc) is 3.04. The largest absolute Gasteiger partial charge is 0.330 e. The van der Waals surface area contributed by atoms with Gasteiger partial charge in [-0.1, -0.05) is 52.9 Å². The molecule has 2 aromatic carbocycles. The van der Waals surface area contributed by atoms with E-state index in [-0.39, 0.29) is 22.4 Å². The van der Waals surface area contributed by atoms with Crippen molar-refractivity contribution in [3.63, 3.8) is 0 Å². The van der Waals surface area contributed by atoms with Crippen molar-refractivity contribution in [3.8, 4) is 0 Å². The van der Waals surface area contributed by atoms with Crippen molar-refractivity contribution in [2.75, 3.05) is 16.4 Å². The summed E-state index contributed by atoms with van der Waals surface area (Å²) in [6, 6.07) is 13.7. The van der Waals surface area contributed by atoms with E-state index in [2.05, 4.69) is 20.8 Å². The fourth-order valence-corrected chi connectivity index (χ4v) is 3.60. The van der Waals surface area contributed by atoms with Crippen LogP contribution in [0.15, 0.2) is 52.9 Å². The normalized spacial score (nSPS) is 10.5. The molecule has 0 saturated heterocycles. The molecule has 2 N–H and O–H groups in total. The number of halogens is 2. The predicted molar refractivity (Wildman–Crippen MR) is 100 cm³/mol. The Morgan fingerprint density at radius 2 is 2.00 bits per heavy atom. The fourth-order valence-electron chi connectivity index (χ4n) is 1.87. The highest BCUT2D eigenvalue weighted by Gasteiger charge is 2.11. The van der Waals surface area contributed by atoms with Gasteiger partial charge < -0.3 is 10.6 Å². The number of aromatic nitrogens is 2. The number of benzene rings is 2. The molecule has 128 valence electrons. The summed E-state index contributed by atoms with van der Waals surface area (Å²) in [5.41, 5.74) is 1.00. The van der Waals surface area contributed by atoms with E-state index in [4.69, 9.17) is 11.6 Å². The van der Waals surface area contributed by atoms with Crippen LogP contribution in [0.5, 0.6) is 0 Å². The highest BCUT2D eigenvalue weighted by atomic mass is 35.5. The van der Waals surface area contributed by atoms with Crippen LogP contribution >= 0.6 is 34.7 Å². The van der Waals surface area contributed by atoms with Crippen molar-refractivity contribution in [2.24, 2.45) is 0 Å². The van der Waals surface area contributed by atoms with Gasteiger partial charge in [0.05, 0.1) is 11.4 Å². The molecule has 1 aromatic heterocycles. The third-order valence-corrected chi connectivity index (χ3v) is 5.17. The van der Waals surface area contributed by atoms with Crippen molar-refractivity contribution in [1.29, 1.82) is 0 Å². The van der Waals surface area contributed by atoms with Gasteiger partial charge in [-0.25, -0.2) is 4.39 Å². The Labute approximate surface area is 156 Å². The summed E-state index contributed by atoms with van der Waals surface area (Å²) in [5.74, 6) is -0.808. The SMILES string of the molecule is O=C(CSc1nnc(Nc2ccccc2)s1)Nc1ccc(Cl)cc1F. The van der Waals surface area contributed by atoms with Crippen molar-refractivity contribution >= 4 is 57.1 Å². The summed E-state index contributed by atoms with van der Waals surface area (Å²) in [5, 5.41) is 14.6. The van der Waals surface area contributed by atoms with Crippen molar-refractivity contribution in [2.45, 2.75) is 4.34 Å². The van der Waals surface area contributed by atoms with E-state index < -0.39 is 5.82 Å². The van der Waals surface area contributed by atoms with Gasteiger partial charge in [-0.2, -0.15) is 0 Å². The lowest BCUT2D eigenvalue weighted by molar-refractivity contribution is -0.113. The zero-order valence-electron chi connectivity index (χ0n) is 12.7. The van der Waals surface area contributed by atoms with Crippen LogP contribution in [-0.4, -0.2) is 21.9 Å². The molecule has 0 spiro atoms. The number of nitrogens with zero attached hydrogens (tertiary/aromatic N) is 2. The molecule has 0 aliphatic carbocycles. The van der Waals surface area contributed by atoms with E-state index >= 15 is 0 Å². The molecule has 0 bridgehead atoms. The molecule has 3 rings (SSSR count). The molecular formula is C16H12ClFN4OS2. The smallest absolute Gasteiger partial charge is 0.234 e. The number of amides is 1. The van der Waals surface area contributed by atoms with Gasteiger partial charge in [0.15, 0.2) is 4.34 Å². The van der Waals surface area contributed by atoms with Gasteiger partial charge >= 0.3 is 0 Å². The highest BCUT2D eigenvalue weighted by molar-refractivity contribution is 8.01. The molecule has 0 atom stereocenters. The fraction of sp³-hybridized carbons (Fsp3) is 0.0625. The molecule has 5 nitrogen and oxygen atoms in total. The quantitative estimate of drug-likeness (QED) is 0.587. The van der Waals surface area contributed by atoms with Crippen LogP contribution in [0.25, 0.3) is 0 Å². The molecule has 0 unspecified atom stereocenters. The maximum absolute atomic E-state index is 13.6. The van der Waals surface area contributed by atoms with E-state index in [0.29, 0.717) is 9.47 Å². The van der Waals surface area contributed by atoms with Gasteiger partial charge in [0.25, 0.3) is 0 Å². The number of anilines is 3. The van der Waals surface area contributed by atoms with E-state index in [1.807, 2.05) is 30.3 Å². The van der Waals surface area contributed by atoms with Crippen LogP contribution in [0.1, 0.15) is 0 Å². The topological polar surface area (TPSA) is 66.9 Å². The van der Waals surface area contributed by atoms with Gasteiger partial charge in [0.1, 0.15) is 5.82 Å². The number of hydrogen-bond acceptors (Lipinski definition) is 6. The van der Waals surface area contributed by atoms with Gasteiger partial charge in [0, 0.05) is 10.7 Å². The molecule has 0 aliphatic rings. The second-order valence-corrected chi connectivity index (χ2v) is 7.46. The molecule has 0 radical (unpaired) electrons. The molecular weight excluding hydrogens is 383 g/mol. The highest BCUT2D eigenvalue weighted by Crippen LogP contribution is 2.28. The molecule has 0 saturated carbocycles. The summed E-state index contributed by atoms with van der Waals surface area (Å²) < 4.78 is 14.3. The molecule has 0 aliphatic heterocycles.